The number of urea groups is 1. The van der Waals surface area contributed by atoms with Gasteiger partial charge < -0.3 is 0 Å². The molecule has 0 saturated carbocycles. The minimum absolute atomic E-state index is 0.292. The van der Waals surface area contributed by atoms with Gasteiger partial charge in [0.15, 0.2) is 0 Å². The van der Waals surface area contributed by atoms with Crippen molar-refractivity contribution in [1.29, 1.82) is 0 Å². The number of amides is 3. The molecule has 150 valence electrons. The monoisotopic (exact) mass is 420 g/mol. The summed E-state index contributed by atoms with van der Waals surface area (Å²) in [7, 11) is 3.14. The van der Waals surface area contributed by atoms with Crippen molar-refractivity contribution in [3.8, 4) is 11.3 Å². The fourth-order valence-electron chi connectivity index (χ4n) is 3.96. The number of rotatable bonds is 3. The number of hydrogen-bond donors (Lipinski definition) is 0. The standard InChI is InChI=1S/C22H19ClN5O2/c1-25-19-18(20(29)26(2)22(25)30)28-13-17(15-8-10-16(23)11-9-15)27(21(28)24-19)12-14-6-4-3-5-7-14/h3-11,13,18H,12H2,1-2H3/q+1. The fourth-order valence-corrected chi connectivity index (χ4v) is 4.09. The van der Waals surface area contributed by atoms with Crippen molar-refractivity contribution in [2.24, 2.45) is 4.99 Å². The average Bonchev–Trinajstić information content (AvgIpc) is 3.29. The van der Waals surface area contributed by atoms with E-state index in [1.54, 1.807) is 7.05 Å². The van der Waals surface area contributed by atoms with Gasteiger partial charge in [-0.25, -0.2) is 13.9 Å². The van der Waals surface area contributed by atoms with Gasteiger partial charge >= 0.3 is 12.0 Å². The predicted molar refractivity (Wildman–Crippen MR) is 113 cm³/mol. The Morgan fingerprint density at radius 3 is 2.40 bits per heavy atom. The lowest BCUT2D eigenvalue weighted by Gasteiger charge is -2.30. The van der Waals surface area contributed by atoms with Crippen LogP contribution in [0.5, 0.6) is 0 Å². The van der Waals surface area contributed by atoms with Crippen LogP contribution in [0.3, 0.4) is 0 Å². The van der Waals surface area contributed by atoms with E-state index in [0.717, 1.165) is 21.7 Å². The summed E-state index contributed by atoms with van der Waals surface area (Å²) in [6, 6.07) is 16.6. The van der Waals surface area contributed by atoms with Gasteiger partial charge in [0.2, 0.25) is 11.9 Å². The highest BCUT2D eigenvalue weighted by Crippen LogP contribution is 2.33. The molecule has 2 aromatic carbocycles. The molecule has 0 bridgehead atoms. The van der Waals surface area contributed by atoms with Crippen LogP contribution in [0, 0.1) is 0 Å². The highest BCUT2D eigenvalue weighted by atomic mass is 35.5. The van der Waals surface area contributed by atoms with Gasteiger partial charge in [0.1, 0.15) is 11.9 Å². The number of hydrogen-bond acceptors (Lipinski definition) is 3. The van der Waals surface area contributed by atoms with Crippen molar-refractivity contribution >= 4 is 35.3 Å². The van der Waals surface area contributed by atoms with Crippen LogP contribution in [0.15, 0.2) is 65.8 Å². The molecule has 2 aliphatic rings. The van der Waals surface area contributed by atoms with E-state index in [1.165, 1.54) is 11.9 Å². The highest BCUT2D eigenvalue weighted by molar-refractivity contribution is 6.30. The molecule has 3 heterocycles. The second-order valence-corrected chi connectivity index (χ2v) is 7.85. The Morgan fingerprint density at radius 1 is 1.00 bits per heavy atom. The minimum atomic E-state index is -0.657. The summed E-state index contributed by atoms with van der Waals surface area (Å²) >= 11 is 6.08. The summed E-state index contributed by atoms with van der Waals surface area (Å²) < 4.78 is 3.92. The number of carbonyl (C=O) groups is 2. The molecule has 1 aromatic heterocycles. The molecule has 1 atom stereocenters. The van der Waals surface area contributed by atoms with Crippen LogP contribution >= 0.6 is 11.6 Å². The van der Waals surface area contributed by atoms with E-state index in [0.29, 0.717) is 23.4 Å². The third-order valence-electron chi connectivity index (χ3n) is 5.57. The molecule has 7 nitrogen and oxygen atoms in total. The van der Waals surface area contributed by atoms with Gasteiger partial charge in [0.05, 0.1) is 6.54 Å². The normalized spacial score (nSPS) is 17.8. The molecule has 0 aliphatic carbocycles. The first-order chi connectivity index (χ1) is 14.5. The number of fused-ring (bicyclic) bond motifs is 3. The lowest BCUT2D eigenvalue weighted by atomic mass is 10.1. The molecule has 8 heteroatoms. The number of imide groups is 1. The van der Waals surface area contributed by atoms with Crippen molar-refractivity contribution in [3.63, 3.8) is 0 Å². The van der Waals surface area contributed by atoms with Crippen LogP contribution in [0.2, 0.25) is 5.02 Å². The highest BCUT2D eigenvalue weighted by Gasteiger charge is 2.52. The first-order valence-corrected chi connectivity index (χ1v) is 9.92. The van der Waals surface area contributed by atoms with Crippen LogP contribution in [-0.4, -0.2) is 46.2 Å². The van der Waals surface area contributed by atoms with Crippen molar-refractivity contribution in [1.82, 2.24) is 14.4 Å². The van der Waals surface area contributed by atoms with E-state index in [1.807, 2.05) is 65.4 Å². The van der Waals surface area contributed by atoms with Crippen molar-refractivity contribution in [2.45, 2.75) is 12.6 Å². The third kappa shape index (κ3) is 2.74. The quantitative estimate of drug-likeness (QED) is 0.610. The molecule has 0 spiro atoms. The number of aliphatic imine (C=N–C) groups is 1. The number of benzene rings is 2. The van der Waals surface area contributed by atoms with E-state index in [9.17, 15) is 9.59 Å². The summed E-state index contributed by atoms with van der Waals surface area (Å²) in [6.45, 7) is 0.576. The summed E-state index contributed by atoms with van der Waals surface area (Å²) in [4.78, 5) is 32.6. The first-order valence-electron chi connectivity index (χ1n) is 9.54. The number of amidine groups is 1. The van der Waals surface area contributed by atoms with E-state index >= 15 is 0 Å². The molecule has 1 fully saturated rings. The molecule has 1 saturated heterocycles. The third-order valence-corrected chi connectivity index (χ3v) is 5.82. The molecule has 1 unspecified atom stereocenters. The minimum Gasteiger partial charge on any atom is -0.270 e. The average molecular weight is 421 g/mol. The lowest BCUT2D eigenvalue weighted by Crippen LogP contribution is -2.61. The number of halogens is 1. The molecule has 0 radical (unpaired) electrons. The van der Waals surface area contributed by atoms with E-state index in [-0.39, 0.29) is 11.9 Å². The van der Waals surface area contributed by atoms with Gasteiger partial charge in [-0.15, -0.1) is 0 Å². The summed E-state index contributed by atoms with van der Waals surface area (Å²) in [6.07, 6.45) is 1.93. The van der Waals surface area contributed by atoms with Gasteiger partial charge in [-0.05, 0) is 29.8 Å². The van der Waals surface area contributed by atoms with Crippen LogP contribution in [0.1, 0.15) is 11.6 Å². The summed E-state index contributed by atoms with van der Waals surface area (Å²) in [5.41, 5.74) is 2.99. The van der Waals surface area contributed by atoms with Crippen LogP contribution in [0.4, 0.5) is 10.7 Å². The summed E-state index contributed by atoms with van der Waals surface area (Å²) in [5, 5.41) is 0.657. The molecule has 3 amide bonds. The number of nitrogens with zero attached hydrogens (tertiary/aromatic N) is 5. The molecule has 0 N–H and O–H groups in total. The van der Waals surface area contributed by atoms with E-state index in [4.69, 9.17) is 16.6 Å². The van der Waals surface area contributed by atoms with Crippen molar-refractivity contribution < 1.29 is 14.2 Å². The van der Waals surface area contributed by atoms with Gasteiger partial charge in [-0.3, -0.25) is 14.6 Å². The smallest absolute Gasteiger partial charge is 0.270 e. The molecule has 5 rings (SSSR count). The number of carbonyl (C=O) groups excluding carboxylic acids is 2. The van der Waals surface area contributed by atoms with E-state index < -0.39 is 6.04 Å². The van der Waals surface area contributed by atoms with Crippen LogP contribution in [-0.2, 0) is 11.3 Å². The maximum absolute atomic E-state index is 12.9. The first kappa shape index (κ1) is 18.6. The van der Waals surface area contributed by atoms with Gasteiger partial charge in [0.25, 0.3) is 5.91 Å². The van der Waals surface area contributed by atoms with Crippen LogP contribution < -0.4 is 4.57 Å². The second kappa shape index (κ2) is 6.81. The number of imidazole rings is 1. The summed E-state index contributed by atoms with van der Waals surface area (Å²) in [5.74, 6) is 0.787. The molecular formula is C22H19ClN5O2+. The molecule has 2 aliphatic heterocycles. The van der Waals surface area contributed by atoms with Crippen molar-refractivity contribution in [2.75, 3.05) is 14.1 Å². The maximum Gasteiger partial charge on any atom is 0.402 e. The molecule has 30 heavy (non-hydrogen) atoms. The zero-order chi connectivity index (χ0) is 21.0. The zero-order valence-corrected chi connectivity index (χ0v) is 17.2. The predicted octanol–water partition coefficient (Wildman–Crippen LogP) is 3.25. The Labute approximate surface area is 178 Å². The number of aromatic nitrogens is 2. The van der Waals surface area contributed by atoms with Crippen molar-refractivity contribution in [3.05, 3.63) is 71.4 Å². The van der Waals surface area contributed by atoms with Crippen LogP contribution in [0.25, 0.3) is 11.3 Å². The fraction of sp³-hybridized carbons (Fsp3) is 0.182. The Balaban J connectivity index is 1.69. The Kier molecular flexibility index (Phi) is 4.22. The maximum atomic E-state index is 12.9. The topological polar surface area (TPSA) is 61.8 Å². The molecule has 3 aromatic rings. The SMILES string of the molecule is CN1C(=O)C2C(=Nc3n(Cc4ccccc4)c(-c4ccc(Cl)cc4)c[n+]32)N(C)C1=O. The zero-order valence-electron chi connectivity index (χ0n) is 16.5. The van der Waals surface area contributed by atoms with Gasteiger partial charge in [-0.1, -0.05) is 46.9 Å². The largest absolute Gasteiger partial charge is 0.402 e. The molecular weight excluding hydrogens is 402 g/mol. The Bertz CT molecular complexity index is 1200. The lowest BCUT2D eigenvalue weighted by molar-refractivity contribution is -0.676. The van der Waals surface area contributed by atoms with E-state index in [2.05, 4.69) is 4.57 Å². The van der Waals surface area contributed by atoms with Gasteiger partial charge in [-0.2, -0.15) is 0 Å². The Morgan fingerprint density at radius 2 is 1.70 bits per heavy atom. The van der Waals surface area contributed by atoms with Gasteiger partial charge in [0, 0.05) is 24.7 Å². The Hall–Kier alpha value is -3.45. The second-order valence-electron chi connectivity index (χ2n) is 7.41. The number of likely N-dealkylation sites (N-methyl/N-ethyl adjacent to an activating group) is 2.